The minimum absolute atomic E-state index is 0.152. The monoisotopic (exact) mass is 352 g/mol. The van der Waals surface area contributed by atoms with Crippen molar-refractivity contribution in [2.75, 3.05) is 5.32 Å². The molecule has 0 aliphatic carbocycles. The number of benzene rings is 2. The first-order valence-corrected chi connectivity index (χ1v) is 8.42. The van der Waals surface area contributed by atoms with E-state index >= 15 is 0 Å². The maximum absolute atomic E-state index is 12.2. The summed E-state index contributed by atoms with van der Waals surface area (Å²) in [6, 6.07) is 15.8. The maximum atomic E-state index is 12.2. The average molecular weight is 352 g/mol. The van der Waals surface area contributed by atoms with Crippen LogP contribution in [0.25, 0.3) is 10.9 Å². The number of aromatic nitrogens is 1. The van der Waals surface area contributed by atoms with Gasteiger partial charge in [-0.3, -0.25) is 15.6 Å². The number of nitrogens with one attached hydrogen (secondary N) is 4. The summed E-state index contributed by atoms with van der Waals surface area (Å²) in [6.45, 7) is 3.98. The Morgan fingerprint density at radius 2 is 1.88 bits per heavy atom. The standard InChI is InChI=1S/C19H20N4OS/c1-12-6-5-7-14(10-12)21-19(25)23-22-18(24)11-16-13(2)20-17-9-4-3-8-15(16)17/h3-10,20H,11H2,1-2H3,(H,22,24)(H2,21,23,25). The van der Waals surface area contributed by atoms with Gasteiger partial charge in [0.2, 0.25) is 5.91 Å². The molecule has 0 aliphatic heterocycles. The van der Waals surface area contributed by atoms with E-state index in [0.29, 0.717) is 5.11 Å². The molecule has 0 unspecified atom stereocenters. The molecule has 0 atom stereocenters. The largest absolute Gasteiger partial charge is 0.358 e. The van der Waals surface area contributed by atoms with Crippen molar-refractivity contribution in [1.82, 2.24) is 15.8 Å². The summed E-state index contributed by atoms with van der Waals surface area (Å²) in [5, 5.41) is 4.45. The first-order chi connectivity index (χ1) is 12.0. The third kappa shape index (κ3) is 4.16. The molecule has 0 spiro atoms. The van der Waals surface area contributed by atoms with Crippen LogP contribution in [0.1, 0.15) is 16.8 Å². The molecule has 2 aromatic carbocycles. The summed E-state index contributed by atoms with van der Waals surface area (Å²) in [6.07, 6.45) is 0.274. The van der Waals surface area contributed by atoms with Gasteiger partial charge in [0.05, 0.1) is 6.42 Å². The fourth-order valence-electron chi connectivity index (χ4n) is 2.78. The minimum Gasteiger partial charge on any atom is -0.358 e. The number of aromatic amines is 1. The van der Waals surface area contributed by atoms with Crippen LogP contribution in [0, 0.1) is 13.8 Å². The molecule has 0 bridgehead atoms. The van der Waals surface area contributed by atoms with Gasteiger partial charge in [0, 0.05) is 22.3 Å². The van der Waals surface area contributed by atoms with Crippen LogP contribution in [-0.4, -0.2) is 16.0 Å². The van der Waals surface area contributed by atoms with Crippen molar-refractivity contribution < 1.29 is 4.79 Å². The van der Waals surface area contributed by atoms with Gasteiger partial charge in [0.1, 0.15) is 0 Å². The van der Waals surface area contributed by atoms with Gasteiger partial charge in [-0.05, 0) is 55.4 Å². The Labute approximate surface area is 151 Å². The van der Waals surface area contributed by atoms with Gasteiger partial charge in [0.25, 0.3) is 0 Å². The predicted molar refractivity (Wildman–Crippen MR) is 105 cm³/mol. The lowest BCUT2D eigenvalue weighted by molar-refractivity contribution is -0.120. The fraction of sp³-hybridized carbons (Fsp3) is 0.158. The highest BCUT2D eigenvalue weighted by Gasteiger charge is 2.12. The number of hydrogen-bond acceptors (Lipinski definition) is 2. The van der Waals surface area contributed by atoms with Crippen LogP contribution in [-0.2, 0) is 11.2 Å². The molecule has 4 N–H and O–H groups in total. The zero-order chi connectivity index (χ0) is 17.8. The van der Waals surface area contributed by atoms with E-state index in [9.17, 15) is 4.79 Å². The maximum Gasteiger partial charge on any atom is 0.242 e. The van der Waals surface area contributed by atoms with Crippen molar-refractivity contribution in [3.8, 4) is 0 Å². The molecule has 0 fully saturated rings. The predicted octanol–water partition coefficient (Wildman–Crippen LogP) is 3.35. The second kappa shape index (κ2) is 7.36. The van der Waals surface area contributed by atoms with Gasteiger partial charge in [-0.1, -0.05) is 30.3 Å². The normalized spacial score (nSPS) is 10.5. The molecule has 1 amide bonds. The molecule has 6 heteroatoms. The van der Waals surface area contributed by atoms with Crippen LogP contribution >= 0.6 is 12.2 Å². The molecule has 128 valence electrons. The number of hydrogen-bond donors (Lipinski definition) is 4. The summed E-state index contributed by atoms with van der Waals surface area (Å²) in [5.74, 6) is -0.152. The first-order valence-electron chi connectivity index (χ1n) is 8.01. The number of carbonyl (C=O) groups excluding carboxylic acids is 1. The van der Waals surface area contributed by atoms with Crippen molar-refractivity contribution >= 4 is 39.8 Å². The third-order valence-electron chi connectivity index (χ3n) is 3.96. The van der Waals surface area contributed by atoms with E-state index in [4.69, 9.17) is 12.2 Å². The van der Waals surface area contributed by atoms with E-state index in [0.717, 1.165) is 33.4 Å². The van der Waals surface area contributed by atoms with E-state index in [1.165, 1.54) is 0 Å². The van der Waals surface area contributed by atoms with Gasteiger partial charge in [0.15, 0.2) is 5.11 Å². The molecule has 0 saturated heterocycles. The molecule has 1 heterocycles. The minimum atomic E-state index is -0.152. The highest BCUT2D eigenvalue weighted by molar-refractivity contribution is 7.80. The molecule has 0 radical (unpaired) electrons. The van der Waals surface area contributed by atoms with E-state index in [1.807, 2.05) is 62.4 Å². The molecule has 3 aromatic rings. The van der Waals surface area contributed by atoms with Crippen molar-refractivity contribution in [2.24, 2.45) is 0 Å². The Hall–Kier alpha value is -2.86. The lowest BCUT2D eigenvalue weighted by atomic mass is 10.1. The van der Waals surface area contributed by atoms with E-state index in [1.54, 1.807) is 0 Å². The van der Waals surface area contributed by atoms with Crippen molar-refractivity contribution in [3.05, 3.63) is 65.4 Å². The Morgan fingerprint density at radius 1 is 1.08 bits per heavy atom. The summed E-state index contributed by atoms with van der Waals surface area (Å²) >= 11 is 5.21. The number of aryl methyl sites for hydroxylation is 2. The molecule has 25 heavy (non-hydrogen) atoms. The van der Waals surface area contributed by atoms with Gasteiger partial charge in [-0.15, -0.1) is 0 Å². The zero-order valence-corrected chi connectivity index (χ0v) is 15.0. The second-order valence-electron chi connectivity index (χ2n) is 5.95. The Kier molecular flexibility index (Phi) is 5.00. The molecule has 0 aliphatic rings. The number of hydrazine groups is 1. The van der Waals surface area contributed by atoms with Crippen molar-refractivity contribution in [1.29, 1.82) is 0 Å². The quantitative estimate of drug-likeness (QED) is 0.431. The topological polar surface area (TPSA) is 68.9 Å². The number of para-hydroxylation sites is 1. The molecule has 0 saturated carbocycles. The summed E-state index contributed by atoms with van der Waals surface area (Å²) in [7, 11) is 0. The first kappa shape index (κ1) is 17.0. The number of rotatable bonds is 3. The Balaban J connectivity index is 1.57. The molecular formula is C19H20N4OS. The highest BCUT2D eigenvalue weighted by atomic mass is 32.1. The molecular weight excluding hydrogens is 332 g/mol. The molecule has 3 rings (SSSR count). The van der Waals surface area contributed by atoms with E-state index in [-0.39, 0.29) is 12.3 Å². The van der Waals surface area contributed by atoms with Crippen molar-refractivity contribution in [3.63, 3.8) is 0 Å². The van der Waals surface area contributed by atoms with Crippen LogP contribution < -0.4 is 16.2 Å². The highest BCUT2D eigenvalue weighted by Crippen LogP contribution is 2.22. The van der Waals surface area contributed by atoms with Crippen LogP contribution in [0.4, 0.5) is 5.69 Å². The third-order valence-corrected chi connectivity index (χ3v) is 4.16. The van der Waals surface area contributed by atoms with Gasteiger partial charge < -0.3 is 10.3 Å². The number of amides is 1. The van der Waals surface area contributed by atoms with Crippen molar-refractivity contribution in [2.45, 2.75) is 20.3 Å². The number of fused-ring (bicyclic) bond motifs is 1. The van der Waals surface area contributed by atoms with Gasteiger partial charge >= 0.3 is 0 Å². The SMILES string of the molecule is Cc1cccc(NC(=S)NNC(=O)Cc2c(C)[nH]c3ccccc23)c1. The number of anilines is 1. The van der Waals surface area contributed by atoms with Crippen LogP contribution in [0.15, 0.2) is 48.5 Å². The van der Waals surface area contributed by atoms with Crippen LogP contribution in [0.2, 0.25) is 0 Å². The zero-order valence-electron chi connectivity index (χ0n) is 14.1. The van der Waals surface area contributed by atoms with Crippen LogP contribution in [0.5, 0.6) is 0 Å². The smallest absolute Gasteiger partial charge is 0.242 e. The summed E-state index contributed by atoms with van der Waals surface area (Å²) in [4.78, 5) is 15.5. The van der Waals surface area contributed by atoms with E-state index < -0.39 is 0 Å². The Morgan fingerprint density at radius 3 is 2.68 bits per heavy atom. The molecule has 1 aromatic heterocycles. The Bertz CT molecular complexity index is 932. The summed E-state index contributed by atoms with van der Waals surface area (Å²) in [5.41, 5.74) is 10.4. The number of H-pyrrole nitrogens is 1. The van der Waals surface area contributed by atoms with Gasteiger partial charge in [-0.2, -0.15) is 0 Å². The molecule has 5 nitrogen and oxygen atoms in total. The fourth-order valence-corrected chi connectivity index (χ4v) is 2.95. The van der Waals surface area contributed by atoms with Crippen LogP contribution in [0.3, 0.4) is 0 Å². The number of thiocarbonyl (C=S) groups is 1. The van der Waals surface area contributed by atoms with Gasteiger partial charge in [-0.25, -0.2) is 0 Å². The lowest BCUT2D eigenvalue weighted by Crippen LogP contribution is -2.44. The second-order valence-corrected chi connectivity index (χ2v) is 6.36. The lowest BCUT2D eigenvalue weighted by Gasteiger charge is -2.12. The average Bonchev–Trinajstić information content (AvgIpc) is 2.89. The number of carbonyl (C=O) groups is 1. The summed E-state index contributed by atoms with van der Waals surface area (Å²) < 4.78 is 0. The van der Waals surface area contributed by atoms with E-state index in [2.05, 4.69) is 21.2 Å².